The van der Waals surface area contributed by atoms with Crippen LogP contribution >= 0.6 is 0 Å². The fourth-order valence-corrected chi connectivity index (χ4v) is 4.55. The molecule has 41 heavy (non-hydrogen) atoms. The van der Waals surface area contributed by atoms with Gasteiger partial charge in [0.1, 0.15) is 23.2 Å². The summed E-state index contributed by atoms with van der Waals surface area (Å²) in [5, 5.41) is 5.32. The Kier molecular flexibility index (Phi) is 8.75. The molecular formula is C29H25FN4O6S. The van der Waals surface area contributed by atoms with E-state index in [1.165, 1.54) is 23.1 Å². The lowest BCUT2D eigenvalue weighted by Crippen LogP contribution is -2.29. The molecule has 12 heteroatoms. The van der Waals surface area contributed by atoms with E-state index in [-0.39, 0.29) is 28.8 Å². The molecule has 0 aromatic heterocycles. The molecule has 0 saturated carbocycles. The molecular weight excluding hydrogens is 551 g/mol. The Balaban J connectivity index is 1.38. The third-order valence-corrected chi connectivity index (χ3v) is 6.72. The second-order valence-corrected chi connectivity index (χ2v) is 10.3. The Labute approximate surface area is 235 Å². The Morgan fingerprint density at radius 3 is 2.20 bits per heavy atom. The Hall–Kier alpha value is -5.07. The van der Waals surface area contributed by atoms with Crippen molar-refractivity contribution in [3.63, 3.8) is 0 Å². The number of carbonyl (C=O) groups is 2. The molecule has 4 N–H and O–H groups in total. The molecule has 210 valence electrons. The highest BCUT2D eigenvalue weighted by Crippen LogP contribution is 2.28. The maximum atomic E-state index is 13.0. The molecule has 0 fully saturated rings. The number of ether oxygens (including phenoxy) is 2. The van der Waals surface area contributed by atoms with Gasteiger partial charge in [0.05, 0.1) is 4.90 Å². The average Bonchev–Trinajstić information content (AvgIpc) is 2.94. The molecule has 10 nitrogen and oxygen atoms in total. The van der Waals surface area contributed by atoms with Crippen LogP contribution in [0.1, 0.15) is 11.1 Å². The molecule has 0 bridgehead atoms. The minimum atomic E-state index is -3.92. The summed E-state index contributed by atoms with van der Waals surface area (Å²) >= 11 is 0. The first-order valence-electron chi connectivity index (χ1n) is 12.1. The number of halogens is 1. The molecule has 0 aliphatic carbocycles. The Morgan fingerprint density at radius 1 is 0.878 bits per heavy atom. The van der Waals surface area contributed by atoms with E-state index in [4.69, 9.17) is 20.3 Å². The van der Waals surface area contributed by atoms with Gasteiger partial charge in [-0.2, -0.15) is 4.99 Å². The number of benzene rings is 4. The molecule has 4 rings (SSSR count). The van der Waals surface area contributed by atoms with Gasteiger partial charge < -0.3 is 20.1 Å². The maximum Gasteiger partial charge on any atom is 0.441 e. The van der Waals surface area contributed by atoms with Gasteiger partial charge in [-0.25, -0.2) is 27.5 Å². The number of nitrogens with two attached hydrogens (primary N) is 2. The van der Waals surface area contributed by atoms with E-state index in [9.17, 15) is 22.4 Å². The van der Waals surface area contributed by atoms with Crippen LogP contribution in [-0.2, 0) is 16.6 Å². The largest absolute Gasteiger partial charge is 0.441 e. The lowest BCUT2D eigenvalue weighted by molar-refractivity contribution is 0.161. The van der Waals surface area contributed by atoms with Crippen LogP contribution in [0, 0.1) is 5.82 Å². The summed E-state index contributed by atoms with van der Waals surface area (Å²) < 4.78 is 47.3. The minimum absolute atomic E-state index is 0.0119. The zero-order chi connectivity index (χ0) is 29.6. The van der Waals surface area contributed by atoms with E-state index in [2.05, 4.69) is 4.99 Å². The number of carbonyl (C=O) groups excluding carboxylic acids is 2. The average molecular weight is 577 g/mol. The highest BCUT2D eigenvalue weighted by molar-refractivity contribution is 7.89. The summed E-state index contributed by atoms with van der Waals surface area (Å²) in [6.45, 7) is 0.153. The van der Waals surface area contributed by atoms with E-state index in [0.717, 1.165) is 12.1 Å². The zero-order valence-electron chi connectivity index (χ0n) is 21.7. The first kappa shape index (κ1) is 28.9. The van der Waals surface area contributed by atoms with Gasteiger partial charge in [0.15, 0.2) is 0 Å². The predicted molar refractivity (Wildman–Crippen MR) is 150 cm³/mol. The van der Waals surface area contributed by atoms with Crippen molar-refractivity contribution in [2.24, 2.45) is 15.9 Å². The molecule has 0 aliphatic rings. The SMILES string of the molecule is CN(Cc1cccc(C(N)=NC(=O)Oc2ccc(F)cc2)c1)C(=O)Oc1ccc(-c2ccccc2S(N)(=O)=O)cc1. The molecule has 4 aromatic rings. The Morgan fingerprint density at radius 2 is 1.51 bits per heavy atom. The van der Waals surface area contributed by atoms with Crippen molar-refractivity contribution in [1.29, 1.82) is 0 Å². The number of sulfonamides is 1. The van der Waals surface area contributed by atoms with Gasteiger partial charge in [0.25, 0.3) is 0 Å². The van der Waals surface area contributed by atoms with E-state index in [0.29, 0.717) is 22.3 Å². The fourth-order valence-electron chi connectivity index (χ4n) is 3.79. The molecule has 0 atom stereocenters. The highest BCUT2D eigenvalue weighted by atomic mass is 32.2. The van der Waals surface area contributed by atoms with Crippen molar-refractivity contribution in [2.45, 2.75) is 11.4 Å². The van der Waals surface area contributed by atoms with E-state index in [1.54, 1.807) is 73.8 Å². The summed E-state index contributed by atoms with van der Waals surface area (Å²) in [6.07, 6.45) is -1.61. The number of hydrogen-bond donors (Lipinski definition) is 2. The third-order valence-electron chi connectivity index (χ3n) is 5.75. The number of primary sulfonamides is 1. The number of amides is 2. The quantitative estimate of drug-likeness (QED) is 0.239. The standard InChI is InChI=1S/C29H25FN4O6S/c1-34(29(36)40-24-13-9-20(10-14-24)25-7-2-3-8-26(25)41(32,37)38)18-19-5-4-6-21(17-19)27(31)33-28(35)39-23-15-11-22(30)12-16-23/h2-17H,18H2,1H3,(H2,31,33,35)(H2,32,37,38). The Bertz CT molecular complexity index is 1710. The van der Waals surface area contributed by atoms with E-state index < -0.39 is 28.0 Å². The smallest absolute Gasteiger partial charge is 0.410 e. The monoisotopic (exact) mass is 576 g/mol. The van der Waals surface area contributed by atoms with Crippen LogP contribution in [0.3, 0.4) is 0 Å². The molecule has 0 aliphatic heterocycles. The molecule has 0 heterocycles. The lowest BCUT2D eigenvalue weighted by Gasteiger charge is -2.17. The maximum absolute atomic E-state index is 13.0. The molecule has 4 aromatic carbocycles. The topological polar surface area (TPSA) is 154 Å². The predicted octanol–water partition coefficient (Wildman–Crippen LogP) is 4.68. The van der Waals surface area contributed by atoms with Gasteiger partial charge in [-0.3, -0.25) is 0 Å². The van der Waals surface area contributed by atoms with Gasteiger partial charge in [0, 0.05) is 24.7 Å². The van der Waals surface area contributed by atoms with E-state index >= 15 is 0 Å². The van der Waals surface area contributed by atoms with Crippen molar-refractivity contribution >= 4 is 28.0 Å². The molecule has 0 radical (unpaired) electrons. The third kappa shape index (κ3) is 7.75. The number of nitrogens with zero attached hydrogens (tertiary/aromatic N) is 2. The van der Waals surface area contributed by atoms with Gasteiger partial charge in [-0.15, -0.1) is 0 Å². The van der Waals surface area contributed by atoms with Crippen LogP contribution in [0.15, 0.2) is 107 Å². The van der Waals surface area contributed by atoms with Crippen molar-refractivity contribution in [3.8, 4) is 22.6 Å². The molecule has 2 amide bonds. The summed E-state index contributed by atoms with van der Waals surface area (Å²) in [4.78, 5) is 29.8. The van der Waals surface area contributed by atoms with Crippen LogP contribution in [-0.4, -0.2) is 38.4 Å². The highest BCUT2D eigenvalue weighted by Gasteiger charge is 2.16. The van der Waals surface area contributed by atoms with Crippen LogP contribution in [0.5, 0.6) is 11.5 Å². The summed E-state index contributed by atoms with van der Waals surface area (Å²) in [5.74, 6) is -0.207. The normalized spacial score (nSPS) is 11.5. The van der Waals surface area contributed by atoms with Crippen molar-refractivity contribution < 1.29 is 31.9 Å². The first-order chi connectivity index (χ1) is 19.5. The first-order valence-corrected chi connectivity index (χ1v) is 13.6. The van der Waals surface area contributed by atoms with Gasteiger partial charge in [0.2, 0.25) is 10.0 Å². The summed E-state index contributed by atoms with van der Waals surface area (Å²) in [7, 11) is -2.38. The number of aliphatic imine (C=N–C) groups is 1. The van der Waals surface area contributed by atoms with Crippen molar-refractivity contribution in [3.05, 3.63) is 114 Å². The fraction of sp³-hybridized carbons (Fsp3) is 0.0690. The van der Waals surface area contributed by atoms with Gasteiger partial charge >= 0.3 is 12.2 Å². The number of rotatable bonds is 7. The molecule has 0 saturated heterocycles. The lowest BCUT2D eigenvalue weighted by atomic mass is 10.1. The summed E-state index contributed by atoms with van der Waals surface area (Å²) in [6, 6.07) is 24.3. The van der Waals surface area contributed by atoms with Crippen LogP contribution in [0.25, 0.3) is 11.1 Å². The zero-order valence-corrected chi connectivity index (χ0v) is 22.5. The second-order valence-electron chi connectivity index (χ2n) is 8.81. The van der Waals surface area contributed by atoms with Crippen LogP contribution < -0.4 is 20.3 Å². The second kappa shape index (κ2) is 12.4. The summed E-state index contributed by atoms with van der Waals surface area (Å²) in [5.41, 5.74) is 8.09. The van der Waals surface area contributed by atoms with E-state index in [1.807, 2.05) is 0 Å². The minimum Gasteiger partial charge on any atom is -0.410 e. The van der Waals surface area contributed by atoms with Crippen molar-refractivity contribution in [2.75, 3.05) is 7.05 Å². The van der Waals surface area contributed by atoms with Crippen LogP contribution in [0.2, 0.25) is 0 Å². The van der Waals surface area contributed by atoms with Gasteiger partial charge in [-0.1, -0.05) is 48.5 Å². The van der Waals surface area contributed by atoms with Gasteiger partial charge in [-0.05, 0) is 59.7 Å². The number of hydrogen-bond acceptors (Lipinski definition) is 6. The molecule has 0 unspecified atom stereocenters. The molecule has 0 spiro atoms. The van der Waals surface area contributed by atoms with Crippen LogP contribution in [0.4, 0.5) is 14.0 Å². The van der Waals surface area contributed by atoms with Crippen molar-refractivity contribution in [1.82, 2.24) is 4.90 Å². The number of amidine groups is 1.